The maximum Gasteiger partial charge on any atom is 0.307 e. The minimum absolute atomic E-state index is 0.154. The standard InChI is InChI=1S/C18H20N2O3/c1-11(9-17(21)23-2)19-18(22)14-10-16(12-7-8-12)20-15-6-4-3-5-13(14)15/h3-6,10-12H,7-9H2,1-2H3,(H,19,22). The minimum atomic E-state index is -0.337. The van der Waals surface area contributed by atoms with E-state index in [0.717, 1.165) is 29.4 Å². The lowest BCUT2D eigenvalue weighted by Gasteiger charge is -2.14. The van der Waals surface area contributed by atoms with Crippen molar-refractivity contribution in [3.63, 3.8) is 0 Å². The van der Waals surface area contributed by atoms with Crippen LogP contribution in [0.15, 0.2) is 30.3 Å². The average molecular weight is 312 g/mol. The maximum atomic E-state index is 12.6. The van der Waals surface area contributed by atoms with E-state index in [-0.39, 0.29) is 24.3 Å². The number of hydrogen-bond donors (Lipinski definition) is 1. The second kappa shape index (κ2) is 6.36. The lowest BCUT2D eigenvalue weighted by molar-refractivity contribution is -0.141. The van der Waals surface area contributed by atoms with Crippen molar-refractivity contribution in [3.05, 3.63) is 41.6 Å². The molecule has 1 saturated carbocycles. The van der Waals surface area contributed by atoms with Gasteiger partial charge in [-0.1, -0.05) is 18.2 Å². The minimum Gasteiger partial charge on any atom is -0.469 e. The zero-order valence-electron chi connectivity index (χ0n) is 13.3. The summed E-state index contributed by atoms with van der Waals surface area (Å²) < 4.78 is 4.64. The highest BCUT2D eigenvalue weighted by Crippen LogP contribution is 2.40. The van der Waals surface area contributed by atoms with Crippen molar-refractivity contribution in [3.8, 4) is 0 Å². The number of rotatable bonds is 5. The van der Waals surface area contributed by atoms with E-state index in [0.29, 0.717) is 11.5 Å². The predicted molar refractivity (Wildman–Crippen MR) is 87.3 cm³/mol. The number of amides is 1. The van der Waals surface area contributed by atoms with E-state index in [1.807, 2.05) is 30.3 Å². The van der Waals surface area contributed by atoms with Gasteiger partial charge in [-0.2, -0.15) is 0 Å². The molecule has 1 amide bonds. The summed E-state index contributed by atoms with van der Waals surface area (Å²) in [5.74, 6) is -0.0448. The molecule has 0 saturated heterocycles. The number of carbonyl (C=O) groups excluding carboxylic acids is 2. The molecular formula is C18H20N2O3. The number of hydrogen-bond acceptors (Lipinski definition) is 4. The number of benzene rings is 1. The SMILES string of the molecule is COC(=O)CC(C)NC(=O)c1cc(C2CC2)nc2ccccc12. The van der Waals surface area contributed by atoms with Crippen LogP contribution in [0.4, 0.5) is 0 Å². The number of ether oxygens (including phenoxy) is 1. The lowest BCUT2D eigenvalue weighted by Crippen LogP contribution is -2.34. The van der Waals surface area contributed by atoms with Crippen molar-refractivity contribution in [2.24, 2.45) is 0 Å². The van der Waals surface area contributed by atoms with Crippen molar-refractivity contribution < 1.29 is 14.3 Å². The topological polar surface area (TPSA) is 68.3 Å². The highest BCUT2D eigenvalue weighted by Gasteiger charge is 2.27. The predicted octanol–water partition coefficient (Wildman–Crippen LogP) is 2.79. The second-order valence-corrected chi connectivity index (χ2v) is 6.04. The Morgan fingerprint density at radius 1 is 1.35 bits per heavy atom. The fourth-order valence-corrected chi connectivity index (χ4v) is 2.66. The molecule has 3 rings (SSSR count). The Labute approximate surface area is 135 Å². The van der Waals surface area contributed by atoms with Crippen molar-refractivity contribution in [1.29, 1.82) is 0 Å². The summed E-state index contributed by atoms with van der Waals surface area (Å²) in [6.07, 6.45) is 2.41. The Balaban J connectivity index is 1.88. The molecule has 1 fully saturated rings. The highest BCUT2D eigenvalue weighted by molar-refractivity contribution is 6.06. The van der Waals surface area contributed by atoms with Gasteiger partial charge >= 0.3 is 5.97 Å². The molecule has 1 aliphatic rings. The second-order valence-electron chi connectivity index (χ2n) is 6.04. The number of esters is 1. The average Bonchev–Trinajstić information content (AvgIpc) is 3.38. The molecule has 120 valence electrons. The van der Waals surface area contributed by atoms with E-state index >= 15 is 0 Å². The van der Waals surface area contributed by atoms with Crippen LogP contribution in [0.5, 0.6) is 0 Å². The quantitative estimate of drug-likeness (QED) is 0.862. The van der Waals surface area contributed by atoms with Crippen LogP contribution in [0.3, 0.4) is 0 Å². The van der Waals surface area contributed by atoms with Crippen LogP contribution in [-0.4, -0.2) is 30.0 Å². The molecule has 1 aliphatic carbocycles. The zero-order chi connectivity index (χ0) is 16.4. The molecule has 1 atom stereocenters. The monoisotopic (exact) mass is 312 g/mol. The van der Waals surface area contributed by atoms with E-state index in [1.54, 1.807) is 6.92 Å². The van der Waals surface area contributed by atoms with Crippen molar-refractivity contribution in [2.75, 3.05) is 7.11 Å². The summed E-state index contributed by atoms with van der Waals surface area (Å²) in [6.45, 7) is 1.79. The number of aromatic nitrogens is 1. The third-order valence-corrected chi connectivity index (χ3v) is 4.05. The van der Waals surface area contributed by atoms with Gasteiger partial charge in [-0.3, -0.25) is 14.6 Å². The van der Waals surface area contributed by atoms with Crippen molar-refractivity contribution >= 4 is 22.8 Å². The number of nitrogens with zero attached hydrogens (tertiary/aromatic N) is 1. The molecule has 1 aromatic heterocycles. The molecule has 0 aliphatic heterocycles. The van der Waals surface area contributed by atoms with Crippen LogP contribution in [0.1, 0.15) is 48.2 Å². The molecule has 23 heavy (non-hydrogen) atoms. The summed E-state index contributed by atoms with van der Waals surface area (Å²) in [5.41, 5.74) is 2.44. The number of methoxy groups -OCH3 is 1. The van der Waals surface area contributed by atoms with Gasteiger partial charge < -0.3 is 10.1 Å². The molecule has 5 nitrogen and oxygen atoms in total. The first-order chi connectivity index (χ1) is 11.1. The number of carbonyl (C=O) groups is 2. The molecule has 1 unspecified atom stereocenters. The molecule has 2 aromatic rings. The molecule has 5 heteroatoms. The van der Waals surface area contributed by atoms with Crippen LogP contribution >= 0.6 is 0 Å². The Morgan fingerprint density at radius 3 is 2.78 bits per heavy atom. The van der Waals surface area contributed by atoms with Gasteiger partial charge in [0.15, 0.2) is 0 Å². The summed E-state index contributed by atoms with van der Waals surface area (Å²) in [5, 5.41) is 3.71. The molecule has 1 aromatic carbocycles. The Morgan fingerprint density at radius 2 is 2.09 bits per heavy atom. The van der Waals surface area contributed by atoms with Crippen LogP contribution in [0.2, 0.25) is 0 Å². The van der Waals surface area contributed by atoms with E-state index in [1.165, 1.54) is 7.11 Å². The third-order valence-electron chi connectivity index (χ3n) is 4.05. The largest absolute Gasteiger partial charge is 0.469 e. The summed E-state index contributed by atoms with van der Waals surface area (Å²) in [6, 6.07) is 9.25. The Kier molecular flexibility index (Phi) is 4.28. The van der Waals surface area contributed by atoms with Gasteiger partial charge in [-0.05, 0) is 31.9 Å². The fourth-order valence-electron chi connectivity index (χ4n) is 2.66. The van der Waals surface area contributed by atoms with Gasteiger partial charge in [-0.25, -0.2) is 0 Å². The smallest absolute Gasteiger partial charge is 0.307 e. The number of nitrogens with one attached hydrogen (secondary N) is 1. The molecule has 0 radical (unpaired) electrons. The number of pyridine rings is 1. The van der Waals surface area contributed by atoms with Gasteiger partial charge in [0, 0.05) is 23.0 Å². The lowest BCUT2D eigenvalue weighted by atomic mass is 10.0. The van der Waals surface area contributed by atoms with Gasteiger partial charge in [-0.15, -0.1) is 0 Å². The third kappa shape index (κ3) is 3.50. The molecule has 1 N–H and O–H groups in total. The summed E-state index contributed by atoms with van der Waals surface area (Å²) in [7, 11) is 1.34. The van der Waals surface area contributed by atoms with Gasteiger partial charge in [0.25, 0.3) is 5.91 Å². The molecule has 1 heterocycles. The van der Waals surface area contributed by atoms with Crippen molar-refractivity contribution in [2.45, 2.75) is 38.1 Å². The first kappa shape index (κ1) is 15.5. The number of para-hydroxylation sites is 1. The molecular weight excluding hydrogens is 292 g/mol. The summed E-state index contributed by atoms with van der Waals surface area (Å²) in [4.78, 5) is 28.6. The molecule has 0 bridgehead atoms. The highest BCUT2D eigenvalue weighted by atomic mass is 16.5. The van der Waals surface area contributed by atoms with Crippen LogP contribution in [0, 0.1) is 0 Å². The van der Waals surface area contributed by atoms with Crippen LogP contribution in [-0.2, 0) is 9.53 Å². The van der Waals surface area contributed by atoms with E-state index in [4.69, 9.17) is 0 Å². The van der Waals surface area contributed by atoms with Crippen LogP contribution in [0.25, 0.3) is 10.9 Å². The van der Waals surface area contributed by atoms with Gasteiger partial charge in [0.2, 0.25) is 0 Å². The molecule has 0 spiro atoms. The van der Waals surface area contributed by atoms with Gasteiger partial charge in [0.1, 0.15) is 0 Å². The number of fused-ring (bicyclic) bond motifs is 1. The Hall–Kier alpha value is -2.43. The van der Waals surface area contributed by atoms with Gasteiger partial charge in [0.05, 0.1) is 24.6 Å². The fraction of sp³-hybridized carbons (Fsp3) is 0.389. The van der Waals surface area contributed by atoms with Crippen LogP contribution < -0.4 is 5.32 Å². The normalized spacial score (nSPS) is 15.2. The van der Waals surface area contributed by atoms with E-state index in [2.05, 4.69) is 15.0 Å². The van der Waals surface area contributed by atoms with E-state index < -0.39 is 0 Å². The maximum absolute atomic E-state index is 12.6. The summed E-state index contributed by atoms with van der Waals surface area (Å²) >= 11 is 0. The first-order valence-corrected chi connectivity index (χ1v) is 7.86. The van der Waals surface area contributed by atoms with E-state index in [9.17, 15) is 9.59 Å². The van der Waals surface area contributed by atoms with Crippen molar-refractivity contribution in [1.82, 2.24) is 10.3 Å². The Bertz CT molecular complexity index is 753. The first-order valence-electron chi connectivity index (χ1n) is 7.86. The zero-order valence-corrected chi connectivity index (χ0v) is 13.3.